The average Bonchev–Trinajstić information content (AvgIpc) is 2.26. The number of methoxy groups -OCH3 is 1. The molecule has 0 saturated heterocycles. The van der Waals surface area contributed by atoms with Gasteiger partial charge in [-0.1, -0.05) is 31.4 Å². The van der Waals surface area contributed by atoms with Crippen molar-refractivity contribution in [1.29, 1.82) is 0 Å². The number of carbonyl (C=O) groups excluding carboxylic acids is 2. The van der Waals surface area contributed by atoms with Gasteiger partial charge < -0.3 is 4.74 Å². The Bertz CT molecular complexity index is 277. The maximum atomic E-state index is 11.3. The Hall–Kier alpha value is -1.64. The van der Waals surface area contributed by atoms with Gasteiger partial charge in [-0.05, 0) is 12.5 Å². The number of ether oxygens (including phenoxy) is 1. The third-order valence-corrected chi connectivity index (χ3v) is 1.90. The van der Waals surface area contributed by atoms with E-state index in [0.29, 0.717) is 6.42 Å². The summed E-state index contributed by atoms with van der Waals surface area (Å²) in [4.78, 5) is 22.4. The number of ketones is 1. The second kappa shape index (κ2) is 7.74. The highest BCUT2D eigenvalue weighted by atomic mass is 16.5. The number of hydrogen-bond donors (Lipinski definition) is 0. The van der Waals surface area contributed by atoms with Crippen LogP contribution in [0.15, 0.2) is 37.5 Å². The Morgan fingerprint density at radius 2 is 2.07 bits per heavy atom. The van der Waals surface area contributed by atoms with Gasteiger partial charge in [-0.3, -0.25) is 9.59 Å². The van der Waals surface area contributed by atoms with Crippen molar-refractivity contribution in [2.45, 2.75) is 12.8 Å². The largest absolute Gasteiger partial charge is 0.469 e. The molecule has 0 aromatic carbocycles. The van der Waals surface area contributed by atoms with Crippen molar-refractivity contribution in [3.63, 3.8) is 0 Å². The van der Waals surface area contributed by atoms with Crippen LogP contribution in [0.2, 0.25) is 0 Å². The summed E-state index contributed by atoms with van der Waals surface area (Å²) in [6.07, 6.45) is 6.95. The van der Waals surface area contributed by atoms with E-state index >= 15 is 0 Å². The molecule has 15 heavy (non-hydrogen) atoms. The zero-order valence-electron chi connectivity index (χ0n) is 8.94. The monoisotopic (exact) mass is 208 g/mol. The normalized spacial score (nSPS) is 12.1. The van der Waals surface area contributed by atoms with E-state index in [9.17, 15) is 9.59 Å². The topological polar surface area (TPSA) is 43.4 Å². The fraction of sp³-hybridized carbons (Fsp3) is 0.333. The molecule has 3 nitrogen and oxygen atoms in total. The van der Waals surface area contributed by atoms with E-state index in [0.717, 1.165) is 0 Å². The first kappa shape index (κ1) is 13.4. The molecule has 0 heterocycles. The highest BCUT2D eigenvalue weighted by Gasteiger charge is 2.19. The van der Waals surface area contributed by atoms with E-state index in [1.54, 1.807) is 18.2 Å². The van der Waals surface area contributed by atoms with Crippen molar-refractivity contribution in [3.8, 4) is 0 Å². The van der Waals surface area contributed by atoms with Crippen molar-refractivity contribution in [2.75, 3.05) is 7.11 Å². The molecule has 0 amide bonds. The fourth-order valence-electron chi connectivity index (χ4n) is 1.09. The van der Waals surface area contributed by atoms with Gasteiger partial charge in [0.25, 0.3) is 0 Å². The van der Waals surface area contributed by atoms with Gasteiger partial charge in [0.1, 0.15) is 0 Å². The van der Waals surface area contributed by atoms with Gasteiger partial charge >= 0.3 is 5.97 Å². The third kappa shape index (κ3) is 5.62. The standard InChI is InChI=1S/C12H16O3/c1-4-6-7-8-10(12(14)15-3)9-11(13)5-2/h4-7,10H,1-2,8-9H2,3H3/b7-6+/t10-/m0/s1. The van der Waals surface area contributed by atoms with Crippen molar-refractivity contribution < 1.29 is 14.3 Å². The number of esters is 1. The minimum Gasteiger partial charge on any atom is -0.469 e. The molecule has 0 spiro atoms. The van der Waals surface area contributed by atoms with Gasteiger partial charge in [-0.25, -0.2) is 0 Å². The molecule has 0 unspecified atom stereocenters. The number of allylic oxidation sites excluding steroid dienone is 4. The van der Waals surface area contributed by atoms with Gasteiger partial charge in [-0.2, -0.15) is 0 Å². The van der Waals surface area contributed by atoms with Gasteiger partial charge in [0, 0.05) is 6.42 Å². The molecular formula is C12H16O3. The van der Waals surface area contributed by atoms with Crippen LogP contribution in [-0.2, 0) is 14.3 Å². The summed E-state index contributed by atoms with van der Waals surface area (Å²) < 4.78 is 4.60. The molecule has 0 saturated carbocycles. The summed E-state index contributed by atoms with van der Waals surface area (Å²) in [7, 11) is 1.31. The Morgan fingerprint density at radius 3 is 2.53 bits per heavy atom. The Labute approximate surface area is 90.1 Å². The van der Waals surface area contributed by atoms with Crippen LogP contribution in [0.25, 0.3) is 0 Å². The van der Waals surface area contributed by atoms with E-state index in [2.05, 4.69) is 17.9 Å². The zero-order valence-corrected chi connectivity index (χ0v) is 8.94. The van der Waals surface area contributed by atoms with E-state index in [-0.39, 0.29) is 18.2 Å². The van der Waals surface area contributed by atoms with Gasteiger partial charge in [-0.15, -0.1) is 0 Å². The van der Waals surface area contributed by atoms with Gasteiger partial charge in [0.05, 0.1) is 13.0 Å². The first-order chi connectivity index (χ1) is 7.15. The molecule has 0 aliphatic heterocycles. The van der Waals surface area contributed by atoms with Crippen molar-refractivity contribution >= 4 is 11.8 Å². The minimum atomic E-state index is -0.434. The zero-order chi connectivity index (χ0) is 11.7. The van der Waals surface area contributed by atoms with E-state index in [1.807, 2.05) is 0 Å². The quantitative estimate of drug-likeness (QED) is 0.365. The Balaban J connectivity index is 4.36. The van der Waals surface area contributed by atoms with Crippen LogP contribution in [0.5, 0.6) is 0 Å². The molecule has 0 aromatic heterocycles. The van der Waals surface area contributed by atoms with E-state index in [1.165, 1.54) is 13.2 Å². The summed E-state index contributed by atoms with van der Waals surface area (Å²) >= 11 is 0. The number of rotatable bonds is 7. The SMILES string of the molecule is C=C/C=C/C[C@@H](CC(=O)C=C)C(=O)OC. The Kier molecular flexibility index (Phi) is 6.89. The molecule has 1 atom stereocenters. The van der Waals surface area contributed by atoms with Crippen LogP contribution in [0.1, 0.15) is 12.8 Å². The molecule has 82 valence electrons. The summed E-state index contributed by atoms with van der Waals surface area (Å²) in [5.41, 5.74) is 0. The molecule has 3 heteroatoms. The van der Waals surface area contributed by atoms with Crippen LogP contribution in [0, 0.1) is 5.92 Å². The van der Waals surface area contributed by atoms with E-state index in [4.69, 9.17) is 0 Å². The molecule has 0 aliphatic carbocycles. The van der Waals surface area contributed by atoms with Crippen molar-refractivity contribution in [3.05, 3.63) is 37.5 Å². The number of carbonyl (C=O) groups is 2. The van der Waals surface area contributed by atoms with Crippen LogP contribution >= 0.6 is 0 Å². The highest BCUT2D eigenvalue weighted by molar-refractivity contribution is 5.92. The summed E-state index contributed by atoms with van der Waals surface area (Å²) in [6.45, 7) is 6.87. The van der Waals surface area contributed by atoms with Crippen LogP contribution in [-0.4, -0.2) is 18.9 Å². The summed E-state index contributed by atoms with van der Waals surface area (Å²) in [6, 6.07) is 0. The maximum absolute atomic E-state index is 11.3. The lowest BCUT2D eigenvalue weighted by Gasteiger charge is -2.10. The molecule has 0 fully saturated rings. The smallest absolute Gasteiger partial charge is 0.309 e. The lowest BCUT2D eigenvalue weighted by atomic mass is 9.98. The van der Waals surface area contributed by atoms with Crippen molar-refractivity contribution in [1.82, 2.24) is 0 Å². The second-order valence-corrected chi connectivity index (χ2v) is 2.99. The molecule has 0 N–H and O–H groups in total. The third-order valence-electron chi connectivity index (χ3n) is 1.90. The predicted molar refractivity (Wildman–Crippen MR) is 59.3 cm³/mol. The predicted octanol–water partition coefficient (Wildman–Crippen LogP) is 2.05. The van der Waals surface area contributed by atoms with Crippen LogP contribution < -0.4 is 0 Å². The minimum absolute atomic E-state index is 0.137. The number of hydrogen-bond acceptors (Lipinski definition) is 3. The molecule has 0 aromatic rings. The lowest BCUT2D eigenvalue weighted by molar-refractivity contribution is -0.146. The van der Waals surface area contributed by atoms with Gasteiger partial charge in [0.15, 0.2) is 5.78 Å². The molecular weight excluding hydrogens is 192 g/mol. The highest BCUT2D eigenvalue weighted by Crippen LogP contribution is 2.12. The second-order valence-electron chi connectivity index (χ2n) is 2.99. The first-order valence-electron chi connectivity index (χ1n) is 4.66. The average molecular weight is 208 g/mol. The lowest BCUT2D eigenvalue weighted by Crippen LogP contribution is -2.18. The molecule has 0 aliphatic rings. The maximum Gasteiger partial charge on any atom is 0.309 e. The van der Waals surface area contributed by atoms with Gasteiger partial charge in [0.2, 0.25) is 0 Å². The molecule has 0 bridgehead atoms. The van der Waals surface area contributed by atoms with E-state index < -0.39 is 5.92 Å². The molecule has 0 rings (SSSR count). The van der Waals surface area contributed by atoms with Crippen LogP contribution in [0.3, 0.4) is 0 Å². The summed E-state index contributed by atoms with van der Waals surface area (Å²) in [5, 5.41) is 0. The molecule has 0 radical (unpaired) electrons. The summed E-state index contributed by atoms with van der Waals surface area (Å²) in [5.74, 6) is -0.965. The van der Waals surface area contributed by atoms with Crippen LogP contribution in [0.4, 0.5) is 0 Å². The Morgan fingerprint density at radius 1 is 1.40 bits per heavy atom. The first-order valence-corrected chi connectivity index (χ1v) is 4.66. The van der Waals surface area contributed by atoms with Crippen molar-refractivity contribution in [2.24, 2.45) is 5.92 Å². The fourth-order valence-corrected chi connectivity index (χ4v) is 1.09.